The maximum Gasteiger partial charge on any atom is 0.232 e. The van der Waals surface area contributed by atoms with Gasteiger partial charge in [0.1, 0.15) is 0 Å². The van der Waals surface area contributed by atoms with Gasteiger partial charge in [-0.2, -0.15) is 0 Å². The summed E-state index contributed by atoms with van der Waals surface area (Å²) in [6.45, 7) is 5.03. The van der Waals surface area contributed by atoms with Crippen molar-refractivity contribution in [2.45, 2.75) is 17.8 Å². The first-order chi connectivity index (χ1) is 15.7. The molecule has 0 radical (unpaired) electrons. The third-order valence-electron chi connectivity index (χ3n) is 5.21. The second-order valence-electron chi connectivity index (χ2n) is 7.47. The number of oxazole rings is 1. The molecule has 3 heterocycles. The van der Waals surface area contributed by atoms with E-state index in [4.69, 9.17) is 20.8 Å². The smallest absolute Gasteiger partial charge is 0.232 e. The predicted octanol–water partition coefficient (Wildman–Crippen LogP) is 5.01. The fourth-order valence-electron chi connectivity index (χ4n) is 3.49. The highest BCUT2D eigenvalue weighted by Gasteiger charge is 2.22. The number of hydrogen-bond acceptors (Lipinski definition) is 7. The Morgan fingerprint density at radius 3 is 2.50 bits per heavy atom. The highest BCUT2D eigenvalue weighted by atomic mass is 35.5. The second kappa shape index (κ2) is 9.36. The van der Waals surface area contributed by atoms with Crippen molar-refractivity contribution < 1.29 is 9.15 Å². The van der Waals surface area contributed by atoms with E-state index in [-0.39, 0.29) is 0 Å². The summed E-state index contributed by atoms with van der Waals surface area (Å²) >= 11 is 7.53. The molecule has 0 spiro atoms. The van der Waals surface area contributed by atoms with E-state index >= 15 is 0 Å². The molecule has 2 aromatic carbocycles. The van der Waals surface area contributed by atoms with Crippen molar-refractivity contribution in [1.29, 1.82) is 0 Å². The normalized spacial score (nSPS) is 14.1. The van der Waals surface area contributed by atoms with Crippen molar-refractivity contribution >= 4 is 29.3 Å². The van der Waals surface area contributed by atoms with Gasteiger partial charge >= 0.3 is 0 Å². The number of rotatable bonds is 6. The van der Waals surface area contributed by atoms with E-state index in [1.807, 2.05) is 24.3 Å². The molecule has 164 valence electrons. The average Bonchev–Trinajstić information content (AvgIpc) is 3.47. The molecule has 0 unspecified atom stereocenters. The van der Waals surface area contributed by atoms with Crippen LogP contribution in [0.3, 0.4) is 0 Å². The Labute approximate surface area is 195 Å². The Balaban J connectivity index is 1.39. The molecule has 0 saturated carbocycles. The van der Waals surface area contributed by atoms with Crippen molar-refractivity contribution in [3.63, 3.8) is 0 Å². The Hall–Kier alpha value is -2.81. The Kier molecular flexibility index (Phi) is 6.16. The quantitative estimate of drug-likeness (QED) is 0.369. The highest BCUT2D eigenvalue weighted by molar-refractivity contribution is 7.98. The molecule has 0 amide bonds. The number of aromatic nitrogens is 4. The lowest BCUT2D eigenvalue weighted by Crippen LogP contribution is -2.37. The van der Waals surface area contributed by atoms with Gasteiger partial charge in [-0.15, -0.1) is 10.2 Å². The van der Waals surface area contributed by atoms with E-state index in [0.29, 0.717) is 35.6 Å². The molecular weight excluding hydrogens is 446 g/mol. The number of thioether (sulfide) groups is 1. The fourth-order valence-corrected chi connectivity index (χ4v) is 4.42. The van der Waals surface area contributed by atoms with Gasteiger partial charge in [-0.25, -0.2) is 4.98 Å². The maximum atomic E-state index is 5.98. The summed E-state index contributed by atoms with van der Waals surface area (Å²) in [5, 5.41) is 10.5. The number of benzene rings is 2. The molecule has 0 N–H and O–H groups in total. The zero-order valence-corrected chi connectivity index (χ0v) is 19.1. The maximum absolute atomic E-state index is 5.98. The lowest BCUT2D eigenvalue weighted by atomic mass is 10.2. The van der Waals surface area contributed by atoms with Gasteiger partial charge in [0.25, 0.3) is 0 Å². The molecule has 0 aliphatic carbocycles. The molecule has 32 heavy (non-hydrogen) atoms. The van der Waals surface area contributed by atoms with Crippen LogP contribution in [0.4, 0.5) is 5.95 Å². The van der Waals surface area contributed by atoms with Crippen LogP contribution in [0.1, 0.15) is 11.5 Å². The van der Waals surface area contributed by atoms with Crippen LogP contribution in [0.25, 0.3) is 17.0 Å². The first-order valence-corrected chi connectivity index (χ1v) is 11.7. The van der Waals surface area contributed by atoms with Gasteiger partial charge in [-0.1, -0.05) is 41.1 Å². The number of morpholine rings is 1. The van der Waals surface area contributed by atoms with Crippen LogP contribution < -0.4 is 4.90 Å². The topological polar surface area (TPSA) is 69.2 Å². The number of anilines is 1. The zero-order valence-electron chi connectivity index (χ0n) is 17.6. The van der Waals surface area contributed by atoms with Crippen molar-refractivity contribution in [3.05, 3.63) is 71.2 Å². The minimum Gasteiger partial charge on any atom is -0.440 e. The van der Waals surface area contributed by atoms with Gasteiger partial charge < -0.3 is 14.1 Å². The minimum absolute atomic E-state index is 0.542. The number of aryl methyl sites for hydroxylation is 1. The molecule has 1 fully saturated rings. The van der Waals surface area contributed by atoms with Crippen LogP contribution in [0.5, 0.6) is 0 Å². The van der Waals surface area contributed by atoms with Crippen LogP contribution >= 0.6 is 23.4 Å². The highest BCUT2D eigenvalue weighted by Crippen LogP contribution is 2.30. The van der Waals surface area contributed by atoms with Crippen LogP contribution in [-0.4, -0.2) is 46.1 Å². The Bertz CT molecular complexity index is 1180. The second-order valence-corrected chi connectivity index (χ2v) is 8.85. The molecule has 2 aromatic heterocycles. The molecular formula is C23H22ClN5O2S. The van der Waals surface area contributed by atoms with Gasteiger partial charge in [0.2, 0.25) is 11.8 Å². The third-order valence-corrected chi connectivity index (χ3v) is 6.38. The Morgan fingerprint density at radius 1 is 1.00 bits per heavy atom. The SMILES string of the molecule is Cc1ccc(-n2c(SCc3ncc(-c4ccc(Cl)cc4)o3)nnc2N2CCOCC2)cc1. The fraction of sp³-hybridized carbons (Fsp3) is 0.261. The van der Waals surface area contributed by atoms with E-state index in [2.05, 4.69) is 55.8 Å². The first-order valence-electron chi connectivity index (χ1n) is 10.4. The van der Waals surface area contributed by atoms with Gasteiger partial charge in [0.05, 0.1) is 30.9 Å². The Morgan fingerprint density at radius 2 is 1.75 bits per heavy atom. The van der Waals surface area contributed by atoms with Crippen LogP contribution in [0.2, 0.25) is 5.02 Å². The van der Waals surface area contributed by atoms with E-state index in [1.165, 1.54) is 5.56 Å². The number of hydrogen-bond donors (Lipinski definition) is 0. The monoisotopic (exact) mass is 467 g/mol. The number of halogens is 1. The summed E-state index contributed by atoms with van der Waals surface area (Å²) in [6, 6.07) is 15.9. The largest absolute Gasteiger partial charge is 0.440 e. The van der Waals surface area contributed by atoms with Crippen LogP contribution in [0.15, 0.2) is 64.3 Å². The lowest BCUT2D eigenvalue weighted by Gasteiger charge is -2.27. The third kappa shape index (κ3) is 4.53. The summed E-state index contributed by atoms with van der Waals surface area (Å²) in [5.41, 5.74) is 3.17. The summed E-state index contributed by atoms with van der Waals surface area (Å²) in [6.07, 6.45) is 1.74. The predicted molar refractivity (Wildman–Crippen MR) is 126 cm³/mol. The van der Waals surface area contributed by atoms with Crippen molar-refractivity contribution in [2.24, 2.45) is 0 Å². The number of ether oxygens (including phenoxy) is 1. The van der Waals surface area contributed by atoms with E-state index in [0.717, 1.165) is 35.4 Å². The summed E-state index contributed by atoms with van der Waals surface area (Å²) in [4.78, 5) is 6.65. The van der Waals surface area contributed by atoms with Crippen LogP contribution in [-0.2, 0) is 10.5 Å². The standard InChI is InChI=1S/C23H22ClN5O2S/c1-16-2-8-19(9-3-16)29-22(28-10-12-30-13-11-28)26-27-23(29)32-15-21-25-14-20(31-21)17-4-6-18(24)7-5-17/h2-9,14H,10-13,15H2,1H3. The summed E-state index contributed by atoms with van der Waals surface area (Å²) in [7, 11) is 0. The molecule has 0 bridgehead atoms. The summed E-state index contributed by atoms with van der Waals surface area (Å²) in [5.74, 6) is 2.72. The molecule has 4 aromatic rings. The molecule has 1 aliphatic rings. The van der Waals surface area contributed by atoms with Gasteiger partial charge in [0, 0.05) is 23.7 Å². The van der Waals surface area contributed by atoms with Crippen LogP contribution in [0, 0.1) is 6.92 Å². The molecule has 1 aliphatic heterocycles. The van der Waals surface area contributed by atoms with Gasteiger partial charge in [-0.3, -0.25) is 4.57 Å². The molecule has 1 saturated heterocycles. The number of nitrogens with zero attached hydrogens (tertiary/aromatic N) is 5. The van der Waals surface area contributed by atoms with Gasteiger partial charge in [0.15, 0.2) is 10.9 Å². The molecule has 9 heteroatoms. The van der Waals surface area contributed by atoms with Crippen molar-refractivity contribution in [3.8, 4) is 17.0 Å². The average molecular weight is 468 g/mol. The zero-order chi connectivity index (χ0) is 21.9. The molecule has 5 rings (SSSR count). The lowest BCUT2D eigenvalue weighted by molar-refractivity contribution is 0.122. The van der Waals surface area contributed by atoms with Gasteiger partial charge in [-0.05, 0) is 43.3 Å². The molecule has 0 atom stereocenters. The van der Waals surface area contributed by atoms with E-state index < -0.39 is 0 Å². The first kappa shape index (κ1) is 21.1. The van der Waals surface area contributed by atoms with Crippen molar-refractivity contribution in [1.82, 2.24) is 19.7 Å². The van der Waals surface area contributed by atoms with E-state index in [1.54, 1.807) is 18.0 Å². The van der Waals surface area contributed by atoms with E-state index in [9.17, 15) is 0 Å². The van der Waals surface area contributed by atoms with Crippen molar-refractivity contribution in [2.75, 3.05) is 31.2 Å². The molecule has 7 nitrogen and oxygen atoms in total. The summed E-state index contributed by atoms with van der Waals surface area (Å²) < 4.78 is 13.6. The minimum atomic E-state index is 0.542.